The minimum Gasteiger partial charge on any atom is -0.490 e. The van der Waals surface area contributed by atoms with Gasteiger partial charge in [-0.2, -0.15) is 0 Å². The van der Waals surface area contributed by atoms with Crippen molar-refractivity contribution in [2.45, 2.75) is 336 Å². The van der Waals surface area contributed by atoms with Crippen LogP contribution in [0.4, 0.5) is 0 Å². The average molecular weight is 1230 g/mol. The molecule has 0 aromatic heterocycles. The third kappa shape index (κ3) is 34.0. The lowest BCUT2D eigenvalue weighted by atomic mass is 9.93. The summed E-state index contributed by atoms with van der Waals surface area (Å²) in [4.78, 5) is 18.3. The molecule has 0 saturated heterocycles. The standard InChI is InChI=1S/C77H131O9P/c1-6-11-16-21-32-39-46-53-81-72-60-66-67-61-73(82-54-47-40-33-22-17-12-7-2)75(84-56-49-42-35-24-19-14-9-4)63-69(67)71-65-77(86-58-51-44-37-30-28-26-27-29-31-38-45-52-59-87(78,79)80)76(85-57-50-43-36-25-20-15-10-5)64-70(71)68(66)62-74(72)83-55-48-41-34-23-18-13-8-3/h60-65H,6-59H2,1-5H3,(H2,78,79,80). The van der Waals surface area contributed by atoms with Crippen LogP contribution >= 0.6 is 7.60 Å². The number of hydrogen-bond acceptors (Lipinski definition) is 7. The van der Waals surface area contributed by atoms with Gasteiger partial charge in [-0.3, -0.25) is 4.57 Å². The Morgan fingerprint density at radius 1 is 0.230 bits per heavy atom. The zero-order chi connectivity index (χ0) is 62.1. The van der Waals surface area contributed by atoms with E-state index in [1.807, 2.05) is 0 Å². The van der Waals surface area contributed by atoms with Gasteiger partial charge in [-0.15, -0.1) is 0 Å². The molecule has 0 heterocycles. The Balaban J connectivity index is 1.75. The van der Waals surface area contributed by atoms with Crippen LogP contribution in [0.2, 0.25) is 0 Å². The topological polar surface area (TPSA) is 113 Å². The molecule has 0 unspecified atom stereocenters. The predicted octanol–water partition coefficient (Wildman–Crippen LogP) is 25.0. The first-order valence-corrected chi connectivity index (χ1v) is 38.9. The zero-order valence-electron chi connectivity index (χ0n) is 56.8. The molecule has 4 aromatic carbocycles. The van der Waals surface area contributed by atoms with E-state index in [2.05, 4.69) is 71.0 Å². The van der Waals surface area contributed by atoms with Crippen molar-refractivity contribution in [1.82, 2.24) is 0 Å². The maximum Gasteiger partial charge on any atom is 0.325 e. The van der Waals surface area contributed by atoms with Crippen LogP contribution in [0.1, 0.15) is 336 Å². The lowest BCUT2D eigenvalue weighted by molar-refractivity contribution is 0.258. The van der Waals surface area contributed by atoms with Crippen molar-refractivity contribution < 1.29 is 42.8 Å². The summed E-state index contributed by atoms with van der Waals surface area (Å²) in [5.74, 6) is 4.90. The summed E-state index contributed by atoms with van der Waals surface area (Å²) in [6.45, 7) is 15.4. The Labute approximate surface area is 533 Å². The summed E-state index contributed by atoms with van der Waals surface area (Å²) >= 11 is 0. The molecule has 0 amide bonds. The molecule has 10 heteroatoms. The molecule has 4 rings (SSSR count). The average Bonchev–Trinajstić information content (AvgIpc) is 0.842. The SMILES string of the molecule is CCCCCCCCCOc1cc2c3cc(OCCCCCCCCC)c(OCCCCCCCCC)cc3c3cc(OCCCCCCCCCCCCCCP(=O)(O)O)c(OCCCCCCCCC)cc3c2cc1OCCCCCCCCC. The van der Waals surface area contributed by atoms with Gasteiger partial charge in [-0.05, 0) is 114 Å². The van der Waals surface area contributed by atoms with Crippen LogP contribution in [0.25, 0.3) is 32.3 Å². The van der Waals surface area contributed by atoms with Crippen LogP contribution in [-0.2, 0) is 4.57 Å². The third-order valence-corrected chi connectivity index (χ3v) is 18.6. The highest BCUT2D eigenvalue weighted by Crippen LogP contribution is 2.48. The van der Waals surface area contributed by atoms with Crippen LogP contribution in [0.3, 0.4) is 0 Å². The second kappa shape index (κ2) is 50.3. The van der Waals surface area contributed by atoms with E-state index in [1.54, 1.807) is 0 Å². The van der Waals surface area contributed by atoms with Crippen molar-refractivity contribution >= 4 is 39.9 Å². The van der Waals surface area contributed by atoms with Crippen LogP contribution < -0.4 is 28.4 Å². The number of unbranched alkanes of at least 4 members (excludes halogenated alkanes) is 41. The lowest BCUT2D eigenvalue weighted by Crippen LogP contribution is -2.05. The summed E-state index contributed by atoms with van der Waals surface area (Å²) in [7, 11) is -3.87. The minimum atomic E-state index is -3.87. The highest BCUT2D eigenvalue weighted by atomic mass is 31.2. The Morgan fingerprint density at radius 2 is 0.368 bits per heavy atom. The van der Waals surface area contributed by atoms with Gasteiger partial charge in [0, 0.05) is 6.16 Å². The molecule has 2 N–H and O–H groups in total. The number of ether oxygens (including phenoxy) is 6. The Kier molecular flexibility index (Phi) is 44.0. The van der Waals surface area contributed by atoms with Gasteiger partial charge >= 0.3 is 7.60 Å². The van der Waals surface area contributed by atoms with Crippen molar-refractivity contribution in [2.24, 2.45) is 0 Å². The fraction of sp³-hybridized carbons (Fsp3) is 0.766. The number of fused-ring (bicyclic) bond motifs is 6. The normalized spacial score (nSPS) is 11.9. The van der Waals surface area contributed by atoms with E-state index in [1.165, 1.54) is 225 Å². The van der Waals surface area contributed by atoms with Crippen LogP contribution in [0.15, 0.2) is 36.4 Å². The van der Waals surface area contributed by atoms with E-state index in [0.717, 1.165) is 137 Å². The van der Waals surface area contributed by atoms with E-state index >= 15 is 0 Å². The highest BCUT2D eigenvalue weighted by molar-refractivity contribution is 7.51. The zero-order valence-corrected chi connectivity index (χ0v) is 57.7. The maximum absolute atomic E-state index is 11.2. The molecule has 0 atom stereocenters. The van der Waals surface area contributed by atoms with Gasteiger partial charge < -0.3 is 38.2 Å². The van der Waals surface area contributed by atoms with E-state index in [-0.39, 0.29) is 6.16 Å². The summed E-state index contributed by atoms with van der Waals surface area (Å²) < 4.78 is 52.5. The molecule has 498 valence electrons. The summed E-state index contributed by atoms with van der Waals surface area (Å²) in [5, 5.41) is 6.72. The lowest BCUT2D eigenvalue weighted by Gasteiger charge is -2.21. The summed E-state index contributed by atoms with van der Waals surface area (Å²) in [5.41, 5.74) is 0. The van der Waals surface area contributed by atoms with Gasteiger partial charge in [0.2, 0.25) is 0 Å². The van der Waals surface area contributed by atoms with Crippen LogP contribution in [0.5, 0.6) is 34.5 Å². The van der Waals surface area contributed by atoms with Gasteiger partial charge in [-0.1, -0.05) is 291 Å². The molecule has 4 aromatic rings. The quantitative estimate of drug-likeness (QED) is 0.0253. The summed E-state index contributed by atoms with van der Waals surface area (Å²) in [6, 6.07) is 13.7. The second-order valence-electron chi connectivity index (χ2n) is 25.9. The molecule has 87 heavy (non-hydrogen) atoms. The Bertz CT molecular complexity index is 2310. The number of rotatable bonds is 61. The Morgan fingerprint density at radius 3 is 0.517 bits per heavy atom. The largest absolute Gasteiger partial charge is 0.490 e. The van der Waals surface area contributed by atoms with E-state index in [0.29, 0.717) is 46.1 Å². The monoisotopic (exact) mass is 1230 g/mol. The van der Waals surface area contributed by atoms with Gasteiger partial charge in [0.25, 0.3) is 0 Å². The number of hydrogen-bond donors (Lipinski definition) is 2. The van der Waals surface area contributed by atoms with Gasteiger partial charge in [-0.25, -0.2) is 0 Å². The molecule has 9 nitrogen and oxygen atoms in total. The molecular weight excluding hydrogens is 1100 g/mol. The minimum absolute atomic E-state index is 0.0165. The number of benzene rings is 4. The van der Waals surface area contributed by atoms with E-state index < -0.39 is 7.60 Å². The van der Waals surface area contributed by atoms with Crippen molar-refractivity contribution in [3.8, 4) is 34.5 Å². The first kappa shape index (κ1) is 76.1. The van der Waals surface area contributed by atoms with E-state index in [9.17, 15) is 4.57 Å². The van der Waals surface area contributed by atoms with Gasteiger partial charge in [0.1, 0.15) is 0 Å². The maximum atomic E-state index is 11.2. The fourth-order valence-corrected chi connectivity index (χ4v) is 12.9. The highest BCUT2D eigenvalue weighted by Gasteiger charge is 2.21. The second-order valence-corrected chi connectivity index (χ2v) is 27.6. The fourth-order valence-electron chi connectivity index (χ4n) is 12.3. The first-order valence-electron chi connectivity index (χ1n) is 37.1. The van der Waals surface area contributed by atoms with Crippen molar-refractivity contribution in [2.75, 3.05) is 45.8 Å². The van der Waals surface area contributed by atoms with E-state index in [4.69, 9.17) is 38.2 Å². The van der Waals surface area contributed by atoms with Crippen LogP contribution in [0, 0.1) is 0 Å². The molecule has 0 radical (unpaired) electrons. The Hall–Kier alpha value is -3.39. The molecule has 0 aliphatic carbocycles. The third-order valence-electron chi connectivity index (χ3n) is 17.8. The molecule has 0 aliphatic heterocycles. The van der Waals surface area contributed by atoms with Crippen molar-refractivity contribution in [1.29, 1.82) is 0 Å². The van der Waals surface area contributed by atoms with Crippen molar-refractivity contribution in [3.05, 3.63) is 36.4 Å². The van der Waals surface area contributed by atoms with Gasteiger partial charge in [0.05, 0.1) is 39.6 Å². The summed E-state index contributed by atoms with van der Waals surface area (Å²) in [6.07, 6.45) is 56.3. The molecule has 0 fully saturated rings. The smallest absolute Gasteiger partial charge is 0.325 e. The van der Waals surface area contributed by atoms with Crippen LogP contribution in [-0.4, -0.2) is 55.6 Å². The molecule has 0 saturated carbocycles. The van der Waals surface area contributed by atoms with Gasteiger partial charge in [0.15, 0.2) is 34.5 Å². The van der Waals surface area contributed by atoms with Crippen molar-refractivity contribution in [3.63, 3.8) is 0 Å². The molecular formula is C77H131O9P. The molecule has 0 spiro atoms. The first-order chi connectivity index (χ1) is 42.7. The molecule has 0 bridgehead atoms. The molecule has 0 aliphatic rings. The predicted molar refractivity (Wildman–Crippen MR) is 374 cm³/mol.